The number of ketones is 1. The summed E-state index contributed by atoms with van der Waals surface area (Å²) in [6, 6.07) is 0. The lowest BCUT2D eigenvalue weighted by Crippen LogP contribution is -2.27. The predicted octanol–water partition coefficient (Wildman–Crippen LogP) is 1.33. The normalized spacial score (nSPS) is 24.6. The van der Waals surface area contributed by atoms with Crippen molar-refractivity contribution in [2.45, 2.75) is 58.3 Å². The summed E-state index contributed by atoms with van der Waals surface area (Å²) < 4.78 is 20.5. The lowest BCUT2D eigenvalue weighted by atomic mass is 10.2. The van der Waals surface area contributed by atoms with E-state index in [4.69, 9.17) is 14.2 Å². The molecule has 2 atom stereocenters. The number of Topliss-reactive ketones (excluding diaryl/α,β-unsaturated/α-hetero) is 1. The topological polar surface area (TPSA) is 88.1 Å². The third kappa shape index (κ3) is 7.19. The van der Waals surface area contributed by atoms with Crippen LogP contribution in [0.25, 0.3) is 0 Å². The first-order valence-corrected chi connectivity index (χ1v) is 6.93. The molecule has 0 aromatic rings. The van der Waals surface area contributed by atoms with E-state index >= 15 is 0 Å². The Hall–Kier alpha value is -1.47. The summed E-state index contributed by atoms with van der Waals surface area (Å²) in [5.41, 5.74) is 0. The quantitative estimate of drug-likeness (QED) is 0.493. The molecule has 1 fully saturated rings. The van der Waals surface area contributed by atoms with Gasteiger partial charge in [0.05, 0.1) is 25.6 Å². The van der Waals surface area contributed by atoms with Crippen molar-refractivity contribution in [1.29, 1.82) is 0 Å². The average molecular weight is 302 g/mol. The Balaban J connectivity index is 2.11. The fraction of sp³-hybridized carbons (Fsp3) is 0.786. The van der Waals surface area contributed by atoms with Gasteiger partial charge in [0.15, 0.2) is 5.79 Å². The molecule has 7 heteroatoms. The smallest absolute Gasteiger partial charge is 0.309 e. The van der Waals surface area contributed by atoms with Gasteiger partial charge in [-0.05, 0) is 20.8 Å². The highest BCUT2D eigenvalue weighted by Crippen LogP contribution is 2.27. The number of esters is 2. The Morgan fingerprint density at radius 2 is 1.76 bits per heavy atom. The van der Waals surface area contributed by atoms with Crippen LogP contribution in [0.15, 0.2) is 0 Å². The average Bonchev–Trinajstić information content (AvgIpc) is 2.74. The van der Waals surface area contributed by atoms with Crippen molar-refractivity contribution < 1.29 is 33.3 Å². The molecule has 21 heavy (non-hydrogen) atoms. The molecule has 2 unspecified atom stereocenters. The maximum Gasteiger partial charge on any atom is 0.309 e. The minimum Gasteiger partial charge on any atom is -0.428 e. The second kappa shape index (κ2) is 8.09. The predicted molar refractivity (Wildman–Crippen MR) is 71.1 cm³/mol. The van der Waals surface area contributed by atoms with Crippen LogP contribution in [0.4, 0.5) is 0 Å². The molecule has 1 aliphatic heterocycles. The standard InChI is InChI=1S/C14H22O7/c1-10(15)4-5-12(16)18-9-19-13(17)6-7-14(3)20-8-11(2)21-14/h11H,4-9H2,1-3H3. The SMILES string of the molecule is CC(=O)CCC(=O)OCOC(=O)CCC1(C)OCC(C)O1. The molecule has 1 heterocycles. The third-order valence-electron chi connectivity index (χ3n) is 2.98. The van der Waals surface area contributed by atoms with Gasteiger partial charge in [0.2, 0.25) is 6.79 Å². The lowest BCUT2D eigenvalue weighted by molar-refractivity contribution is -0.176. The first kappa shape index (κ1) is 17.6. The van der Waals surface area contributed by atoms with Crippen LogP contribution in [-0.4, -0.2) is 43.0 Å². The Morgan fingerprint density at radius 3 is 2.29 bits per heavy atom. The molecule has 120 valence electrons. The van der Waals surface area contributed by atoms with Gasteiger partial charge in [-0.2, -0.15) is 0 Å². The van der Waals surface area contributed by atoms with Crippen LogP contribution in [0, 0.1) is 0 Å². The summed E-state index contributed by atoms with van der Waals surface area (Å²) in [4.78, 5) is 33.3. The van der Waals surface area contributed by atoms with Crippen LogP contribution in [0.5, 0.6) is 0 Å². The molecule has 0 N–H and O–H groups in total. The summed E-state index contributed by atoms with van der Waals surface area (Å²) >= 11 is 0. The van der Waals surface area contributed by atoms with Gasteiger partial charge >= 0.3 is 11.9 Å². The maximum absolute atomic E-state index is 11.5. The molecule has 0 spiro atoms. The van der Waals surface area contributed by atoms with Crippen LogP contribution in [-0.2, 0) is 33.3 Å². The summed E-state index contributed by atoms with van der Waals surface area (Å²) in [7, 11) is 0. The first-order valence-electron chi connectivity index (χ1n) is 6.93. The largest absolute Gasteiger partial charge is 0.428 e. The van der Waals surface area contributed by atoms with E-state index in [-0.39, 0.29) is 31.1 Å². The number of hydrogen-bond donors (Lipinski definition) is 0. The molecular formula is C14H22O7. The van der Waals surface area contributed by atoms with Gasteiger partial charge in [-0.1, -0.05) is 0 Å². The van der Waals surface area contributed by atoms with Gasteiger partial charge in [0, 0.05) is 12.8 Å². The molecule has 1 rings (SSSR count). The van der Waals surface area contributed by atoms with E-state index in [2.05, 4.69) is 4.74 Å². The highest BCUT2D eigenvalue weighted by molar-refractivity contribution is 5.81. The van der Waals surface area contributed by atoms with Crippen LogP contribution >= 0.6 is 0 Å². The minimum absolute atomic E-state index is 0.00764. The Bertz CT molecular complexity index is 393. The van der Waals surface area contributed by atoms with Crippen LogP contribution < -0.4 is 0 Å². The van der Waals surface area contributed by atoms with Gasteiger partial charge in [0.1, 0.15) is 5.78 Å². The van der Waals surface area contributed by atoms with E-state index in [1.54, 1.807) is 6.92 Å². The van der Waals surface area contributed by atoms with E-state index in [9.17, 15) is 14.4 Å². The van der Waals surface area contributed by atoms with E-state index < -0.39 is 24.5 Å². The van der Waals surface area contributed by atoms with Gasteiger partial charge in [-0.25, -0.2) is 0 Å². The van der Waals surface area contributed by atoms with Gasteiger partial charge in [-0.15, -0.1) is 0 Å². The summed E-state index contributed by atoms with van der Waals surface area (Å²) in [6.07, 6.45) is 0.596. The fourth-order valence-electron chi connectivity index (χ4n) is 1.83. The van der Waals surface area contributed by atoms with Crippen molar-refractivity contribution in [1.82, 2.24) is 0 Å². The first-order chi connectivity index (χ1) is 9.81. The molecular weight excluding hydrogens is 280 g/mol. The Labute approximate surface area is 123 Å². The van der Waals surface area contributed by atoms with Crippen molar-refractivity contribution in [2.75, 3.05) is 13.4 Å². The maximum atomic E-state index is 11.5. The molecule has 0 bridgehead atoms. The third-order valence-corrected chi connectivity index (χ3v) is 2.98. The van der Waals surface area contributed by atoms with Crippen molar-refractivity contribution in [2.24, 2.45) is 0 Å². The second-order valence-electron chi connectivity index (χ2n) is 5.23. The van der Waals surface area contributed by atoms with Crippen molar-refractivity contribution >= 4 is 17.7 Å². The molecule has 1 aliphatic rings. The van der Waals surface area contributed by atoms with Crippen LogP contribution in [0.1, 0.15) is 46.5 Å². The molecule has 0 aromatic carbocycles. The summed E-state index contributed by atoms with van der Waals surface area (Å²) in [5, 5.41) is 0. The summed E-state index contributed by atoms with van der Waals surface area (Å²) in [6.45, 7) is 5.11. The zero-order chi connectivity index (χ0) is 15.9. The van der Waals surface area contributed by atoms with Crippen molar-refractivity contribution in [3.63, 3.8) is 0 Å². The minimum atomic E-state index is -0.767. The highest BCUT2D eigenvalue weighted by atomic mass is 16.7. The molecule has 7 nitrogen and oxygen atoms in total. The zero-order valence-electron chi connectivity index (χ0n) is 12.7. The number of carbonyl (C=O) groups excluding carboxylic acids is 3. The van der Waals surface area contributed by atoms with E-state index in [1.807, 2.05) is 6.92 Å². The number of rotatable bonds is 8. The fourth-order valence-corrected chi connectivity index (χ4v) is 1.83. The van der Waals surface area contributed by atoms with E-state index in [0.29, 0.717) is 13.0 Å². The number of ether oxygens (including phenoxy) is 4. The second-order valence-corrected chi connectivity index (χ2v) is 5.23. The zero-order valence-corrected chi connectivity index (χ0v) is 12.7. The number of carbonyl (C=O) groups is 3. The Kier molecular flexibility index (Phi) is 6.77. The van der Waals surface area contributed by atoms with Crippen LogP contribution in [0.3, 0.4) is 0 Å². The molecule has 0 saturated carbocycles. The monoisotopic (exact) mass is 302 g/mol. The molecule has 0 amide bonds. The Morgan fingerprint density at radius 1 is 1.14 bits per heavy atom. The molecule has 0 radical (unpaired) electrons. The molecule has 1 saturated heterocycles. The van der Waals surface area contributed by atoms with Crippen molar-refractivity contribution in [3.05, 3.63) is 0 Å². The summed E-state index contributed by atoms with van der Waals surface area (Å²) in [5.74, 6) is -1.93. The number of hydrogen-bond acceptors (Lipinski definition) is 7. The van der Waals surface area contributed by atoms with Crippen LogP contribution in [0.2, 0.25) is 0 Å². The molecule has 0 aliphatic carbocycles. The van der Waals surface area contributed by atoms with E-state index in [1.165, 1.54) is 6.92 Å². The van der Waals surface area contributed by atoms with Gasteiger partial charge in [0.25, 0.3) is 0 Å². The van der Waals surface area contributed by atoms with Gasteiger partial charge < -0.3 is 23.7 Å². The van der Waals surface area contributed by atoms with Gasteiger partial charge in [-0.3, -0.25) is 9.59 Å². The lowest BCUT2D eigenvalue weighted by Gasteiger charge is -2.22. The van der Waals surface area contributed by atoms with E-state index in [0.717, 1.165) is 0 Å². The van der Waals surface area contributed by atoms with Crippen molar-refractivity contribution in [3.8, 4) is 0 Å². The highest BCUT2D eigenvalue weighted by Gasteiger charge is 2.35. The molecule has 0 aromatic heterocycles.